The Bertz CT molecular complexity index is 1500. The zero-order valence-corrected chi connectivity index (χ0v) is 24.3. The van der Waals surface area contributed by atoms with Crippen LogP contribution < -0.4 is 5.32 Å². The van der Waals surface area contributed by atoms with Crippen LogP contribution in [-0.4, -0.2) is 52.4 Å². The Balaban J connectivity index is 1.36. The fourth-order valence-corrected chi connectivity index (χ4v) is 5.40. The first-order valence-electron chi connectivity index (χ1n) is 14.4. The van der Waals surface area contributed by atoms with Crippen molar-refractivity contribution in [1.82, 2.24) is 4.90 Å². The van der Waals surface area contributed by atoms with Crippen LogP contribution in [0.4, 0.5) is 5.69 Å². The number of likely N-dealkylation sites (N-methyl/N-ethyl adjacent to an activating group) is 1. The molecule has 1 saturated heterocycles. The van der Waals surface area contributed by atoms with E-state index < -0.39 is 12.4 Å². The number of phenolic OH excluding ortho intramolecular Hbond substituents is 1. The second kappa shape index (κ2) is 13.9. The number of aromatic hydroxyl groups is 1. The number of ether oxygens (including phenoxy) is 2. The fraction of sp³-hybridized carbons (Fsp3) is 0.286. The van der Waals surface area contributed by atoms with Crippen LogP contribution in [0.2, 0.25) is 0 Å². The third kappa shape index (κ3) is 7.67. The van der Waals surface area contributed by atoms with Gasteiger partial charge in [0, 0.05) is 35.8 Å². The standard InChI is InChI=1S/C35H38N2O6/c1-23-32(21-37(2)20-31(40)27-10-7-13-30(39)19-27)42-35(43-33(23)25-16-14-24(22-38)15-17-25)28-11-6-12-29(18-28)36-34(41)26-8-4-3-5-9-26/h3-19,23,31-33,35,38-40H,20-22H2,1-2H3,(H,36,41)/t23-,31-,32+,33+,35+/m1/s1. The topological polar surface area (TPSA) is 111 Å². The summed E-state index contributed by atoms with van der Waals surface area (Å²) in [5.41, 5.74) is 4.39. The Morgan fingerprint density at radius 3 is 2.37 bits per heavy atom. The van der Waals surface area contributed by atoms with Crippen molar-refractivity contribution in [2.24, 2.45) is 5.92 Å². The largest absolute Gasteiger partial charge is 0.508 e. The molecule has 4 aromatic carbocycles. The van der Waals surface area contributed by atoms with Gasteiger partial charge in [0.1, 0.15) is 5.75 Å². The van der Waals surface area contributed by atoms with Crippen molar-refractivity contribution in [2.45, 2.75) is 38.1 Å². The smallest absolute Gasteiger partial charge is 0.255 e. The molecule has 8 heteroatoms. The minimum absolute atomic E-state index is 0.0382. The molecule has 0 aliphatic carbocycles. The van der Waals surface area contributed by atoms with Crippen molar-refractivity contribution in [3.8, 4) is 5.75 Å². The minimum atomic E-state index is -0.783. The fourth-order valence-electron chi connectivity index (χ4n) is 5.40. The van der Waals surface area contributed by atoms with Crippen molar-refractivity contribution in [3.63, 3.8) is 0 Å². The summed E-state index contributed by atoms with van der Waals surface area (Å²) in [4.78, 5) is 14.8. The molecule has 0 radical (unpaired) electrons. The summed E-state index contributed by atoms with van der Waals surface area (Å²) in [5.74, 6) is -0.137. The molecule has 0 saturated carbocycles. The van der Waals surface area contributed by atoms with Gasteiger partial charge in [0.05, 0.1) is 24.9 Å². The molecule has 4 aromatic rings. The zero-order chi connectivity index (χ0) is 30.3. The quantitative estimate of drug-likeness (QED) is 0.193. The minimum Gasteiger partial charge on any atom is -0.508 e. The lowest BCUT2D eigenvalue weighted by atomic mass is 9.90. The van der Waals surface area contributed by atoms with E-state index in [1.54, 1.807) is 36.4 Å². The van der Waals surface area contributed by atoms with E-state index in [9.17, 15) is 20.1 Å². The van der Waals surface area contributed by atoms with Gasteiger partial charge >= 0.3 is 0 Å². The lowest BCUT2D eigenvalue weighted by Gasteiger charge is -2.42. The van der Waals surface area contributed by atoms with E-state index in [1.807, 2.05) is 78.7 Å². The number of amides is 1. The average molecular weight is 583 g/mol. The van der Waals surface area contributed by atoms with Gasteiger partial charge < -0.3 is 35.0 Å². The highest BCUT2D eigenvalue weighted by Gasteiger charge is 2.39. The van der Waals surface area contributed by atoms with Gasteiger partial charge in [-0.25, -0.2) is 0 Å². The van der Waals surface area contributed by atoms with E-state index in [0.29, 0.717) is 29.9 Å². The monoisotopic (exact) mass is 582 g/mol. The SMILES string of the molecule is C[C@@H]1[C@H](CN(C)C[C@@H](O)c2cccc(O)c2)O[C@H](c2cccc(NC(=O)c3ccccc3)c2)O[C@@H]1c1ccc(CO)cc1. The molecule has 0 spiro atoms. The van der Waals surface area contributed by atoms with Gasteiger partial charge in [-0.1, -0.05) is 73.7 Å². The molecule has 1 heterocycles. The van der Waals surface area contributed by atoms with Crippen LogP contribution in [0, 0.1) is 5.92 Å². The number of carbonyl (C=O) groups is 1. The first kappa shape index (κ1) is 30.4. The van der Waals surface area contributed by atoms with Crippen molar-refractivity contribution < 1.29 is 29.6 Å². The van der Waals surface area contributed by atoms with E-state index in [-0.39, 0.29) is 36.4 Å². The van der Waals surface area contributed by atoms with Crippen molar-refractivity contribution >= 4 is 11.6 Å². The molecule has 1 fully saturated rings. The summed E-state index contributed by atoms with van der Waals surface area (Å²) in [6, 6.07) is 30.9. The molecule has 8 nitrogen and oxygen atoms in total. The maximum atomic E-state index is 12.8. The van der Waals surface area contributed by atoms with Crippen molar-refractivity contribution in [2.75, 3.05) is 25.5 Å². The summed E-state index contributed by atoms with van der Waals surface area (Å²) < 4.78 is 13.1. The molecule has 5 atom stereocenters. The number of aliphatic hydroxyl groups excluding tert-OH is 2. The highest BCUT2D eigenvalue weighted by atomic mass is 16.7. The van der Waals surface area contributed by atoms with Gasteiger partial charge in [0.25, 0.3) is 5.91 Å². The van der Waals surface area contributed by atoms with E-state index in [4.69, 9.17) is 9.47 Å². The highest BCUT2D eigenvalue weighted by Crippen LogP contribution is 2.42. The molecule has 43 heavy (non-hydrogen) atoms. The normalized spacial score (nSPS) is 21.0. The average Bonchev–Trinajstić information content (AvgIpc) is 3.02. The molecular weight excluding hydrogens is 544 g/mol. The number of nitrogens with zero attached hydrogens (tertiary/aromatic N) is 1. The van der Waals surface area contributed by atoms with Crippen molar-refractivity contribution in [1.29, 1.82) is 0 Å². The van der Waals surface area contributed by atoms with Crippen LogP contribution in [0.1, 0.15) is 58.0 Å². The van der Waals surface area contributed by atoms with Crippen LogP contribution >= 0.6 is 0 Å². The van der Waals surface area contributed by atoms with Gasteiger partial charge in [-0.05, 0) is 60.1 Å². The molecule has 0 aromatic heterocycles. The molecule has 1 aliphatic heterocycles. The number of hydrogen-bond acceptors (Lipinski definition) is 7. The number of aliphatic hydroxyl groups is 2. The van der Waals surface area contributed by atoms with Gasteiger partial charge in [-0.15, -0.1) is 0 Å². The Kier molecular flexibility index (Phi) is 9.86. The van der Waals surface area contributed by atoms with Crippen LogP contribution in [-0.2, 0) is 16.1 Å². The van der Waals surface area contributed by atoms with Crippen LogP contribution in [0.25, 0.3) is 0 Å². The first-order valence-corrected chi connectivity index (χ1v) is 14.4. The van der Waals surface area contributed by atoms with Crippen LogP contribution in [0.15, 0.2) is 103 Å². The second-order valence-electron chi connectivity index (χ2n) is 11.1. The predicted molar refractivity (Wildman–Crippen MR) is 164 cm³/mol. The summed E-state index contributed by atoms with van der Waals surface area (Å²) >= 11 is 0. The molecule has 0 bridgehead atoms. The zero-order valence-electron chi connectivity index (χ0n) is 24.3. The third-order valence-corrected chi connectivity index (χ3v) is 7.81. The van der Waals surface area contributed by atoms with Gasteiger partial charge in [-0.2, -0.15) is 0 Å². The summed E-state index contributed by atoms with van der Waals surface area (Å²) in [6.07, 6.45) is -2.05. The number of benzene rings is 4. The lowest BCUT2D eigenvalue weighted by Crippen LogP contribution is -2.44. The molecule has 1 amide bonds. The third-order valence-electron chi connectivity index (χ3n) is 7.81. The van der Waals surface area contributed by atoms with Gasteiger partial charge in [-0.3, -0.25) is 4.79 Å². The molecular formula is C35H38N2O6. The summed E-state index contributed by atoms with van der Waals surface area (Å²) in [5, 5.41) is 33.2. The first-order chi connectivity index (χ1) is 20.8. The Labute approximate surface area is 252 Å². The van der Waals surface area contributed by atoms with E-state index in [0.717, 1.165) is 16.7 Å². The number of anilines is 1. The van der Waals surface area contributed by atoms with Gasteiger partial charge in [0.2, 0.25) is 0 Å². The number of hydrogen-bond donors (Lipinski definition) is 4. The van der Waals surface area contributed by atoms with Crippen LogP contribution in [0.3, 0.4) is 0 Å². The van der Waals surface area contributed by atoms with Crippen molar-refractivity contribution in [3.05, 3.63) is 131 Å². The highest BCUT2D eigenvalue weighted by molar-refractivity contribution is 6.04. The number of rotatable bonds is 10. The van der Waals surface area contributed by atoms with E-state index in [1.165, 1.54) is 0 Å². The number of nitrogens with one attached hydrogen (secondary N) is 1. The van der Waals surface area contributed by atoms with E-state index in [2.05, 4.69) is 12.2 Å². The van der Waals surface area contributed by atoms with Crippen LogP contribution in [0.5, 0.6) is 5.75 Å². The molecule has 0 unspecified atom stereocenters. The molecule has 224 valence electrons. The summed E-state index contributed by atoms with van der Waals surface area (Å²) in [7, 11) is 1.93. The lowest BCUT2D eigenvalue weighted by molar-refractivity contribution is -0.276. The molecule has 1 aliphatic rings. The summed E-state index contributed by atoms with van der Waals surface area (Å²) in [6.45, 7) is 2.91. The number of carbonyl (C=O) groups excluding carboxylic acids is 1. The molecule has 4 N–H and O–H groups in total. The second-order valence-corrected chi connectivity index (χ2v) is 11.1. The molecule has 5 rings (SSSR count). The Hall–Kier alpha value is -4.05. The number of phenols is 1. The van der Waals surface area contributed by atoms with Gasteiger partial charge in [0.15, 0.2) is 6.29 Å². The predicted octanol–water partition coefficient (Wildman–Crippen LogP) is 5.59. The maximum Gasteiger partial charge on any atom is 0.255 e. The Morgan fingerprint density at radius 2 is 1.65 bits per heavy atom. The van der Waals surface area contributed by atoms with E-state index >= 15 is 0 Å². The maximum absolute atomic E-state index is 12.8. The Morgan fingerprint density at radius 1 is 0.907 bits per heavy atom.